The summed E-state index contributed by atoms with van der Waals surface area (Å²) in [6.45, 7) is 0.566. The van der Waals surface area contributed by atoms with Crippen LogP contribution in [-0.4, -0.2) is 28.5 Å². The van der Waals surface area contributed by atoms with Gasteiger partial charge in [-0.25, -0.2) is 4.98 Å². The first-order chi connectivity index (χ1) is 9.16. The lowest BCUT2D eigenvalue weighted by Gasteiger charge is -2.25. The standard InChI is InChI=1S/C13H18N2O3S/c16-12(14-5-4-11-7-19-8-15-11)9-2-1-3-10(6-9)13(17)18/h7-10H,1-6H2,(H,14,16)(H,17,18). The molecule has 2 N–H and O–H groups in total. The Morgan fingerprint density at radius 1 is 1.42 bits per heavy atom. The Morgan fingerprint density at radius 2 is 2.21 bits per heavy atom. The second-order valence-corrected chi connectivity index (χ2v) is 5.64. The van der Waals surface area contributed by atoms with Gasteiger partial charge in [0.15, 0.2) is 0 Å². The van der Waals surface area contributed by atoms with Gasteiger partial charge in [-0.2, -0.15) is 0 Å². The Labute approximate surface area is 116 Å². The third-order valence-electron chi connectivity index (χ3n) is 3.56. The van der Waals surface area contributed by atoms with Crippen LogP contribution in [0, 0.1) is 11.8 Å². The molecule has 1 aromatic heterocycles. The van der Waals surface area contributed by atoms with Gasteiger partial charge in [-0.15, -0.1) is 11.3 Å². The molecule has 2 rings (SSSR count). The second kappa shape index (κ2) is 6.65. The minimum atomic E-state index is -0.778. The second-order valence-electron chi connectivity index (χ2n) is 4.92. The summed E-state index contributed by atoms with van der Waals surface area (Å²) in [6, 6.07) is 0. The lowest BCUT2D eigenvalue weighted by molar-refractivity contribution is -0.144. The number of carbonyl (C=O) groups is 2. The van der Waals surface area contributed by atoms with E-state index in [4.69, 9.17) is 5.11 Å². The zero-order chi connectivity index (χ0) is 13.7. The van der Waals surface area contributed by atoms with E-state index in [1.165, 1.54) is 0 Å². The van der Waals surface area contributed by atoms with Gasteiger partial charge < -0.3 is 10.4 Å². The molecular formula is C13H18N2O3S. The minimum absolute atomic E-state index is 0.0128. The largest absolute Gasteiger partial charge is 0.481 e. The van der Waals surface area contributed by atoms with E-state index in [9.17, 15) is 9.59 Å². The topological polar surface area (TPSA) is 79.3 Å². The summed E-state index contributed by atoms with van der Waals surface area (Å²) < 4.78 is 0. The maximum absolute atomic E-state index is 12.0. The molecule has 0 radical (unpaired) electrons. The number of carbonyl (C=O) groups excluding carboxylic acids is 1. The highest BCUT2D eigenvalue weighted by molar-refractivity contribution is 7.07. The van der Waals surface area contributed by atoms with Gasteiger partial charge in [0.1, 0.15) is 0 Å². The van der Waals surface area contributed by atoms with Crippen molar-refractivity contribution >= 4 is 23.2 Å². The van der Waals surface area contributed by atoms with Gasteiger partial charge in [0, 0.05) is 24.3 Å². The predicted octanol–water partition coefficient (Wildman–Crippen LogP) is 1.69. The van der Waals surface area contributed by atoms with Crippen molar-refractivity contribution in [1.82, 2.24) is 10.3 Å². The third kappa shape index (κ3) is 4.02. The Kier molecular flexibility index (Phi) is 4.90. The molecule has 0 aliphatic heterocycles. The number of thiazole rings is 1. The van der Waals surface area contributed by atoms with Gasteiger partial charge in [-0.05, 0) is 19.3 Å². The summed E-state index contributed by atoms with van der Waals surface area (Å²) in [5, 5.41) is 13.8. The number of aliphatic carboxylic acids is 1. The molecule has 0 bridgehead atoms. The van der Waals surface area contributed by atoms with E-state index in [0.717, 1.165) is 25.0 Å². The number of nitrogens with one attached hydrogen (secondary N) is 1. The molecule has 1 amide bonds. The molecule has 19 heavy (non-hydrogen) atoms. The Bertz CT molecular complexity index is 433. The smallest absolute Gasteiger partial charge is 0.306 e. The first-order valence-corrected chi connectivity index (χ1v) is 7.48. The molecule has 0 spiro atoms. The van der Waals surface area contributed by atoms with Gasteiger partial charge in [-0.3, -0.25) is 9.59 Å². The molecule has 1 fully saturated rings. The van der Waals surface area contributed by atoms with Gasteiger partial charge in [0.05, 0.1) is 17.1 Å². The molecule has 5 nitrogen and oxygen atoms in total. The predicted molar refractivity (Wildman–Crippen MR) is 71.9 cm³/mol. The number of amides is 1. The van der Waals surface area contributed by atoms with E-state index in [1.807, 2.05) is 5.38 Å². The number of aromatic nitrogens is 1. The van der Waals surface area contributed by atoms with Crippen LogP contribution in [0.5, 0.6) is 0 Å². The summed E-state index contributed by atoms with van der Waals surface area (Å²) in [5.41, 5.74) is 2.76. The van der Waals surface area contributed by atoms with E-state index in [-0.39, 0.29) is 17.7 Å². The van der Waals surface area contributed by atoms with Crippen LogP contribution in [-0.2, 0) is 16.0 Å². The highest BCUT2D eigenvalue weighted by atomic mass is 32.1. The summed E-state index contributed by atoms with van der Waals surface area (Å²) >= 11 is 1.54. The van der Waals surface area contributed by atoms with Crippen molar-refractivity contribution in [3.05, 3.63) is 16.6 Å². The van der Waals surface area contributed by atoms with Crippen molar-refractivity contribution in [1.29, 1.82) is 0 Å². The molecule has 1 aliphatic carbocycles. The van der Waals surface area contributed by atoms with E-state index in [0.29, 0.717) is 19.4 Å². The van der Waals surface area contributed by atoms with Gasteiger partial charge in [-0.1, -0.05) is 6.42 Å². The molecule has 6 heteroatoms. The Balaban J connectivity index is 1.74. The van der Waals surface area contributed by atoms with Gasteiger partial charge >= 0.3 is 5.97 Å². The summed E-state index contributed by atoms with van der Waals surface area (Å²) in [4.78, 5) is 27.1. The van der Waals surface area contributed by atoms with Crippen LogP contribution in [0.1, 0.15) is 31.4 Å². The van der Waals surface area contributed by atoms with Crippen LogP contribution in [0.2, 0.25) is 0 Å². The van der Waals surface area contributed by atoms with Crippen LogP contribution >= 0.6 is 11.3 Å². The lowest BCUT2D eigenvalue weighted by Crippen LogP contribution is -2.36. The van der Waals surface area contributed by atoms with Crippen molar-refractivity contribution < 1.29 is 14.7 Å². The molecule has 2 unspecified atom stereocenters. The maximum atomic E-state index is 12.0. The SMILES string of the molecule is O=C(O)C1CCCC(C(=O)NCCc2cscn2)C1. The minimum Gasteiger partial charge on any atom is -0.481 e. The molecule has 1 aromatic rings. The number of hydrogen-bond acceptors (Lipinski definition) is 4. The average Bonchev–Trinajstić information content (AvgIpc) is 2.92. The number of hydrogen-bond donors (Lipinski definition) is 2. The fourth-order valence-electron chi connectivity index (χ4n) is 2.47. The fourth-order valence-corrected chi connectivity index (χ4v) is 3.06. The Hall–Kier alpha value is -1.43. The Morgan fingerprint density at radius 3 is 2.89 bits per heavy atom. The lowest BCUT2D eigenvalue weighted by atomic mass is 9.81. The maximum Gasteiger partial charge on any atom is 0.306 e. The van der Waals surface area contributed by atoms with Crippen molar-refractivity contribution in [3.8, 4) is 0 Å². The van der Waals surface area contributed by atoms with E-state index >= 15 is 0 Å². The third-order valence-corrected chi connectivity index (χ3v) is 4.19. The highest BCUT2D eigenvalue weighted by Gasteiger charge is 2.30. The van der Waals surface area contributed by atoms with Crippen molar-refractivity contribution in [2.24, 2.45) is 11.8 Å². The quantitative estimate of drug-likeness (QED) is 0.861. The molecular weight excluding hydrogens is 264 g/mol. The number of carboxylic acid groups (broad SMARTS) is 1. The number of nitrogens with zero attached hydrogens (tertiary/aromatic N) is 1. The molecule has 104 valence electrons. The van der Waals surface area contributed by atoms with Crippen LogP contribution < -0.4 is 5.32 Å². The van der Waals surface area contributed by atoms with E-state index in [2.05, 4.69) is 10.3 Å². The number of rotatable bonds is 5. The molecule has 1 aliphatic rings. The highest BCUT2D eigenvalue weighted by Crippen LogP contribution is 2.29. The van der Waals surface area contributed by atoms with E-state index in [1.54, 1.807) is 16.8 Å². The van der Waals surface area contributed by atoms with Gasteiger partial charge in [0.25, 0.3) is 0 Å². The van der Waals surface area contributed by atoms with Gasteiger partial charge in [0.2, 0.25) is 5.91 Å². The summed E-state index contributed by atoms with van der Waals surface area (Å²) in [6.07, 6.45) is 3.51. The first-order valence-electron chi connectivity index (χ1n) is 6.54. The monoisotopic (exact) mass is 282 g/mol. The average molecular weight is 282 g/mol. The van der Waals surface area contributed by atoms with E-state index < -0.39 is 5.97 Å². The van der Waals surface area contributed by atoms with Crippen molar-refractivity contribution in [2.45, 2.75) is 32.1 Å². The molecule has 2 atom stereocenters. The number of carboxylic acids is 1. The molecule has 1 heterocycles. The zero-order valence-corrected chi connectivity index (χ0v) is 11.5. The van der Waals surface area contributed by atoms with Crippen LogP contribution in [0.3, 0.4) is 0 Å². The zero-order valence-electron chi connectivity index (χ0n) is 10.7. The van der Waals surface area contributed by atoms with Crippen LogP contribution in [0.25, 0.3) is 0 Å². The normalized spacial score (nSPS) is 22.9. The molecule has 0 saturated heterocycles. The van der Waals surface area contributed by atoms with Crippen molar-refractivity contribution in [3.63, 3.8) is 0 Å². The molecule has 0 aromatic carbocycles. The molecule has 1 saturated carbocycles. The summed E-state index contributed by atoms with van der Waals surface area (Å²) in [7, 11) is 0. The van der Waals surface area contributed by atoms with Crippen LogP contribution in [0.15, 0.2) is 10.9 Å². The summed E-state index contributed by atoms with van der Waals surface area (Å²) in [5.74, 6) is -1.30. The van der Waals surface area contributed by atoms with Crippen LogP contribution in [0.4, 0.5) is 0 Å². The first kappa shape index (κ1) is 14.0. The fraction of sp³-hybridized carbons (Fsp3) is 0.615. The van der Waals surface area contributed by atoms with Crippen molar-refractivity contribution in [2.75, 3.05) is 6.54 Å².